The normalized spacial score (nSPS) is 22.1. The topological polar surface area (TPSA) is 59.0 Å². The first-order chi connectivity index (χ1) is 7.63. The lowest BCUT2D eigenvalue weighted by atomic mass is 10.1. The molecule has 1 amide bonds. The van der Waals surface area contributed by atoms with Crippen LogP contribution >= 0.6 is 0 Å². The van der Waals surface area contributed by atoms with Gasteiger partial charge in [-0.15, -0.1) is 0 Å². The highest BCUT2D eigenvalue weighted by molar-refractivity contribution is 5.76. The van der Waals surface area contributed by atoms with Gasteiger partial charge < -0.3 is 19.5 Å². The van der Waals surface area contributed by atoms with Crippen LogP contribution in [0, 0.1) is 0 Å². The number of rotatable bonds is 6. The van der Waals surface area contributed by atoms with Crippen molar-refractivity contribution in [3.8, 4) is 0 Å². The highest BCUT2D eigenvalue weighted by Gasteiger charge is 2.22. The number of methoxy groups -OCH3 is 1. The molecular weight excluding hydrogens is 210 g/mol. The van der Waals surface area contributed by atoms with Crippen molar-refractivity contribution in [2.24, 2.45) is 0 Å². The van der Waals surface area contributed by atoms with Gasteiger partial charge in [0, 0.05) is 27.3 Å². The van der Waals surface area contributed by atoms with Crippen LogP contribution in [0.25, 0.3) is 0 Å². The Labute approximate surface area is 96.3 Å². The van der Waals surface area contributed by atoms with E-state index in [1.165, 1.54) is 12.0 Å². The van der Waals surface area contributed by atoms with Gasteiger partial charge in [0.1, 0.15) is 0 Å². The Kier molecular flexibility index (Phi) is 5.73. The molecule has 0 saturated carbocycles. The quantitative estimate of drug-likeness (QED) is 0.700. The average Bonchev–Trinajstić information content (AvgIpc) is 2.70. The zero-order valence-electron chi connectivity index (χ0n) is 10.0. The zero-order chi connectivity index (χ0) is 12.0. The van der Waals surface area contributed by atoms with E-state index in [2.05, 4.69) is 0 Å². The molecule has 0 aromatic carbocycles. The minimum atomic E-state index is -0.622. The summed E-state index contributed by atoms with van der Waals surface area (Å²) >= 11 is 0. The van der Waals surface area contributed by atoms with Crippen LogP contribution in [-0.2, 0) is 14.3 Å². The fraction of sp³-hybridized carbons (Fsp3) is 0.909. The monoisotopic (exact) mass is 231 g/mol. The zero-order valence-corrected chi connectivity index (χ0v) is 10.0. The number of ether oxygens (including phenoxy) is 2. The number of hydrogen-bond acceptors (Lipinski definition) is 4. The van der Waals surface area contributed by atoms with E-state index in [-0.39, 0.29) is 18.6 Å². The van der Waals surface area contributed by atoms with Crippen molar-refractivity contribution < 1.29 is 19.4 Å². The Balaban J connectivity index is 2.23. The van der Waals surface area contributed by atoms with Crippen LogP contribution in [0.5, 0.6) is 0 Å². The Morgan fingerprint density at radius 2 is 2.44 bits per heavy atom. The Morgan fingerprint density at radius 3 is 3.00 bits per heavy atom. The highest BCUT2D eigenvalue weighted by atomic mass is 16.5. The molecule has 2 unspecified atom stereocenters. The molecule has 0 bridgehead atoms. The number of carbonyl (C=O) groups excluding carboxylic acids is 1. The van der Waals surface area contributed by atoms with Gasteiger partial charge in [-0.25, -0.2) is 0 Å². The smallest absolute Gasteiger partial charge is 0.225 e. The van der Waals surface area contributed by atoms with Gasteiger partial charge >= 0.3 is 0 Å². The van der Waals surface area contributed by atoms with E-state index in [1.54, 1.807) is 7.05 Å². The van der Waals surface area contributed by atoms with Crippen molar-refractivity contribution in [2.45, 2.75) is 31.5 Å². The highest BCUT2D eigenvalue weighted by Crippen LogP contribution is 2.16. The molecule has 0 spiro atoms. The average molecular weight is 231 g/mol. The van der Waals surface area contributed by atoms with Gasteiger partial charge in [0.05, 0.1) is 25.2 Å². The molecule has 1 N–H and O–H groups in total. The largest absolute Gasteiger partial charge is 0.389 e. The summed E-state index contributed by atoms with van der Waals surface area (Å²) in [5.74, 6) is 0.0158. The second-order valence-corrected chi connectivity index (χ2v) is 4.22. The van der Waals surface area contributed by atoms with E-state index in [0.717, 1.165) is 19.4 Å². The lowest BCUT2D eigenvalue weighted by Crippen LogP contribution is -2.37. The van der Waals surface area contributed by atoms with Crippen LogP contribution in [0.15, 0.2) is 0 Å². The minimum Gasteiger partial charge on any atom is -0.389 e. The number of aliphatic hydroxyl groups is 1. The second kappa shape index (κ2) is 6.83. The summed E-state index contributed by atoms with van der Waals surface area (Å²) in [6.45, 7) is 1.31. The molecule has 0 aromatic rings. The lowest BCUT2D eigenvalue weighted by molar-refractivity contribution is -0.133. The molecule has 0 aliphatic carbocycles. The van der Waals surface area contributed by atoms with Crippen LogP contribution in [0.2, 0.25) is 0 Å². The van der Waals surface area contributed by atoms with Gasteiger partial charge in [0.2, 0.25) is 5.91 Å². The number of nitrogens with zero attached hydrogens (tertiary/aromatic N) is 1. The van der Waals surface area contributed by atoms with E-state index in [4.69, 9.17) is 9.47 Å². The first kappa shape index (κ1) is 13.4. The third-order valence-corrected chi connectivity index (χ3v) is 2.70. The van der Waals surface area contributed by atoms with Crippen LogP contribution in [0.4, 0.5) is 0 Å². The number of likely N-dealkylation sites (N-methyl/N-ethyl adjacent to an activating group) is 1. The number of carbonyl (C=O) groups is 1. The summed E-state index contributed by atoms with van der Waals surface area (Å²) < 4.78 is 10.2. The molecule has 1 rings (SSSR count). The molecule has 1 saturated heterocycles. The molecule has 2 atom stereocenters. The number of amides is 1. The van der Waals surface area contributed by atoms with Gasteiger partial charge in [0.15, 0.2) is 0 Å². The molecule has 0 radical (unpaired) electrons. The van der Waals surface area contributed by atoms with Gasteiger partial charge in [-0.3, -0.25) is 4.79 Å². The maximum atomic E-state index is 11.7. The Hall–Kier alpha value is -0.650. The van der Waals surface area contributed by atoms with Gasteiger partial charge in [-0.05, 0) is 12.8 Å². The minimum absolute atomic E-state index is 0.0158. The predicted molar refractivity (Wildman–Crippen MR) is 59.1 cm³/mol. The van der Waals surface area contributed by atoms with Crippen molar-refractivity contribution >= 4 is 5.91 Å². The molecule has 94 valence electrons. The van der Waals surface area contributed by atoms with Crippen LogP contribution < -0.4 is 0 Å². The van der Waals surface area contributed by atoms with Gasteiger partial charge in [-0.1, -0.05) is 0 Å². The molecule has 5 nitrogen and oxygen atoms in total. The summed E-state index contributed by atoms with van der Waals surface area (Å²) in [5, 5.41) is 9.48. The van der Waals surface area contributed by atoms with Crippen LogP contribution in [0.1, 0.15) is 19.3 Å². The first-order valence-electron chi connectivity index (χ1n) is 5.66. The van der Waals surface area contributed by atoms with E-state index in [1.807, 2.05) is 0 Å². The Bertz CT molecular complexity index is 216. The SMILES string of the molecule is COCC(O)CN(C)C(=O)CC1CCCO1. The predicted octanol–water partition coefficient (Wildman–Crippen LogP) is 0.0212. The summed E-state index contributed by atoms with van der Waals surface area (Å²) in [6.07, 6.45) is 1.85. The van der Waals surface area contributed by atoms with Crippen LogP contribution in [-0.4, -0.2) is 62.0 Å². The van der Waals surface area contributed by atoms with Crippen LogP contribution in [0.3, 0.4) is 0 Å². The second-order valence-electron chi connectivity index (χ2n) is 4.22. The van der Waals surface area contributed by atoms with E-state index in [0.29, 0.717) is 13.0 Å². The Morgan fingerprint density at radius 1 is 1.69 bits per heavy atom. The van der Waals surface area contributed by atoms with E-state index in [9.17, 15) is 9.90 Å². The first-order valence-corrected chi connectivity index (χ1v) is 5.66. The standard InChI is InChI=1S/C11H21NO4/c1-12(7-9(13)8-15-2)11(14)6-10-4-3-5-16-10/h9-10,13H,3-8H2,1-2H3. The fourth-order valence-electron chi connectivity index (χ4n) is 1.82. The van der Waals surface area contributed by atoms with Crippen molar-refractivity contribution in [3.63, 3.8) is 0 Å². The van der Waals surface area contributed by atoms with Crippen molar-refractivity contribution in [1.82, 2.24) is 4.90 Å². The summed E-state index contributed by atoms with van der Waals surface area (Å²) in [6, 6.07) is 0. The molecule has 5 heteroatoms. The van der Waals surface area contributed by atoms with Gasteiger partial charge in [0.25, 0.3) is 0 Å². The third kappa shape index (κ3) is 4.47. The van der Waals surface area contributed by atoms with E-state index < -0.39 is 6.10 Å². The lowest BCUT2D eigenvalue weighted by Gasteiger charge is -2.21. The van der Waals surface area contributed by atoms with E-state index >= 15 is 0 Å². The molecule has 1 aliphatic rings. The van der Waals surface area contributed by atoms with Gasteiger partial charge in [-0.2, -0.15) is 0 Å². The maximum Gasteiger partial charge on any atom is 0.225 e. The molecule has 16 heavy (non-hydrogen) atoms. The molecule has 0 aromatic heterocycles. The molecule has 1 aliphatic heterocycles. The van der Waals surface area contributed by atoms with Crippen molar-refractivity contribution in [2.75, 3.05) is 33.9 Å². The summed E-state index contributed by atoms with van der Waals surface area (Å²) in [7, 11) is 3.22. The third-order valence-electron chi connectivity index (χ3n) is 2.70. The summed E-state index contributed by atoms with van der Waals surface area (Å²) in [5.41, 5.74) is 0. The fourth-order valence-corrected chi connectivity index (χ4v) is 1.82. The number of aliphatic hydroxyl groups excluding tert-OH is 1. The molecule has 1 heterocycles. The maximum absolute atomic E-state index is 11.7. The van der Waals surface area contributed by atoms with Crippen molar-refractivity contribution in [3.05, 3.63) is 0 Å². The number of hydrogen-bond donors (Lipinski definition) is 1. The van der Waals surface area contributed by atoms with Crippen molar-refractivity contribution in [1.29, 1.82) is 0 Å². The summed E-state index contributed by atoms with van der Waals surface area (Å²) in [4.78, 5) is 13.3. The molecular formula is C11H21NO4. The molecule has 1 fully saturated rings.